The van der Waals surface area contributed by atoms with Gasteiger partial charge in [-0.25, -0.2) is 0 Å². The number of hydrogen-bond acceptors (Lipinski definition) is 4. The van der Waals surface area contributed by atoms with E-state index < -0.39 is 0 Å². The van der Waals surface area contributed by atoms with E-state index in [2.05, 4.69) is 0 Å². The van der Waals surface area contributed by atoms with E-state index in [9.17, 15) is 4.79 Å². The summed E-state index contributed by atoms with van der Waals surface area (Å²) < 4.78 is 5.24. The number of thioether (sulfide) groups is 1. The van der Waals surface area contributed by atoms with Crippen LogP contribution in [0.25, 0.3) is 0 Å². The first kappa shape index (κ1) is 18.1. The van der Waals surface area contributed by atoms with Gasteiger partial charge in [-0.1, -0.05) is 54.6 Å². The zero-order valence-electron chi connectivity index (χ0n) is 14.6. The number of ketones is 1. The molecule has 0 unspecified atom stereocenters. The Morgan fingerprint density at radius 3 is 2.27 bits per heavy atom. The van der Waals surface area contributed by atoms with E-state index in [1.54, 1.807) is 18.9 Å². The molecule has 0 saturated heterocycles. The lowest BCUT2D eigenvalue weighted by Gasteiger charge is -2.18. The molecular weight excluding hydrogens is 342 g/mol. The summed E-state index contributed by atoms with van der Waals surface area (Å²) in [6.45, 7) is 0. The Morgan fingerprint density at radius 2 is 1.62 bits per heavy atom. The molecule has 0 fully saturated rings. The number of carbonyl (C=O) groups is 1. The highest BCUT2D eigenvalue weighted by molar-refractivity contribution is 7.99. The highest BCUT2D eigenvalue weighted by atomic mass is 32.2. The molecule has 0 saturated carbocycles. The molecule has 0 aliphatic heterocycles. The van der Waals surface area contributed by atoms with Crippen LogP contribution in [0.3, 0.4) is 0 Å². The van der Waals surface area contributed by atoms with Crippen LogP contribution in [-0.4, -0.2) is 12.9 Å². The van der Waals surface area contributed by atoms with Crippen molar-refractivity contribution in [1.29, 1.82) is 0 Å². The molecule has 0 bridgehead atoms. The van der Waals surface area contributed by atoms with Crippen LogP contribution in [0.15, 0.2) is 83.8 Å². The van der Waals surface area contributed by atoms with Gasteiger partial charge in [0.2, 0.25) is 0 Å². The van der Waals surface area contributed by atoms with Gasteiger partial charge in [-0.2, -0.15) is 0 Å². The van der Waals surface area contributed by atoms with Gasteiger partial charge in [0.25, 0.3) is 0 Å². The van der Waals surface area contributed by atoms with Crippen molar-refractivity contribution < 1.29 is 9.53 Å². The monoisotopic (exact) mass is 363 g/mol. The Hall–Kier alpha value is -2.72. The predicted octanol–water partition coefficient (Wildman–Crippen LogP) is 5.38. The van der Waals surface area contributed by atoms with Gasteiger partial charge >= 0.3 is 0 Å². The SMILES string of the molecule is COc1ccc([C@@H](CC(=O)c2ccccc2)Sc2ccccc2N)cc1. The predicted molar refractivity (Wildman–Crippen MR) is 108 cm³/mol. The lowest BCUT2D eigenvalue weighted by Crippen LogP contribution is -2.06. The summed E-state index contributed by atoms with van der Waals surface area (Å²) >= 11 is 1.62. The van der Waals surface area contributed by atoms with Crippen molar-refractivity contribution in [2.45, 2.75) is 16.6 Å². The fraction of sp³-hybridized carbons (Fsp3) is 0.136. The Balaban J connectivity index is 1.87. The number of carbonyl (C=O) groups excluding carboxylic acids is 1. The molecule has 3 aromatic rings. The lowest BCUT2D eigenvalue weighted by molar-refractivity contribution is 0.0982. The Morgan fingerprint density at radius 1 is 0.962 bits per heavy atom. The lowest BCUT2D eigenvalue weighted by atomic mass is 10.0. The molecule has 0 heterocycles. The van der Waals surface area contributed by atoms with Gasteiger partial charge in [0.05, 0.1) is 7.11 Å². The van der Waals surface area contributed by atoms with Gasteiger partial charge < -0.3 is 10.5 Å². The normalized spacial score (nSPS) is 11.7. The molecule has 0 aromatic heterocycles. The number of Topliss-reactive ketones (excluding diaryl/α,β-unsaturated/α-hetero) is 1. The second-order valence-electron chi connectivity index (χ2n) is 5.91. The highest BCUT2D eigenvalue weighted by Crippen LogP contribution is 2.41. The second kappa shape index (κ2) is 8.59. The molecule has 26 heavy (non-hydrogen) atoms. The van der Waals surface area contributed by atoms with Crippen LogP contribution < -0.4 is 10.5 Å². The van der Waals surface area contributed by atoms with Crippen LogP contribution in [-0.2, 0) is 0 Å². The number of benzene rings is 3. The Bertz CT molecular complexity index is 863. The fourth-order valence-corrected chi connectivity index (χ4v) is 3.89. The molecule has 3 aromatic carbocycles. The largest absolute Gasteiger partial charge is 0.497 e. The van der Waals surface area contributed by atoms with E-state index in [1.165, 1.54) is 0 Å². The molecular formula is C22H21NO2S. The average Bonchev–Trinajstić information content (AvgIpc) is 2.70. The highest BCUT2D eigenvalue weighted by Gasteiger charge is 2.19. The van der Waals surface area contributed by atoms with E-state index >= 15 is 0 Å². The molecule has 2 N–H and O–H groups in total. The van der Waals surface area contributed by atoms with Crippen molar-refractivity contribution >= 4 is 23.2 Å². The van der Waals surface area contributed by atoms with Crippen molar-refractivity contribution in [3.05, 3.63) is 90.0 Å². The number of hydrogen-bond donors (Lipinski definition) is 1. The first-order valence-electron chi connectivity index (χ1n) is 8.40. The molecule has 0 spiro atoms. The molecule has 3 nitrogen and oxygen atoms in total. The van der Waals surface area contributed by atoms with E-state index in [1.807, 2.05) is 78.9 Å². The summed E-state index contributed by atoms with van der Waals surface area (Å²) in [5.41, 5.74) is 8.64. The van der Waals surface area contributed by atoms with Gasteiger partial charge in [0.1, 0.15) is 5.75 Å². The third kappa shape index (κ3) is 4.46. The third-order valence-corrected chi connectivity index (χ3v) is 5.49. The zero-order chi connectivity index (χ0) is 18.4. The molecule has 0 aliphatic carbocycles. The van der Waals surface area contributed by atoms with Crippen LogP contribution in [0.2, 0.25) is 0 Å². The van der Waals surface area contributed by atoms with E-state index in [0.717, 1.165) is 27.5 Å². The van der Waals surface area contributed by atoms with Gasteiger partial charge in [-0.05, 0) is 29.8 Å². The average molecular weight is 363 g/mol. The molecule has 0 amide bonds. The molecule has 0 aliphatic rings. The van der Waals surface area contributed by atoms with Crippen molar-refractivity contribution in [3.63, 3.8) is 0 Å². The smallest absolute Gasteiger partial charge is 0.164 e. The summed E-state index contributed by atoms with van der Waals surface area (Å²) in [4.78, 5) is 13.7. The number of rotatable bonds is 7. The quantitative estimate of drug-likeness (QED) is 0.348. The fourth-order valence-electron chi connectivity index (χ4n) is 2.70. The van der Waals surface area contributed by atoms with Gasteiger partial charge in [0, 0.05) is 27.8 Å². The second-order valence-corrected chi connectivity index (χ2v) is 7.16. The van der Waals surface area contributed by atoms with Crippen molar-refractivity contribution in [2.75, 3.05) is 12.8 Å². The topological polar surface area (TPSA) is 52.3 Å². The Kier molecular flexibility index (Phi) is 5.97. The van der Waals surface area contributed by atoms with Crippen LogP contribution in [0.1, 0.15) is 27.6 Å². The minimum atomic E-state index is -0.0293. The standard InChI is InChI=1S/C22H21NO2S/c1-25-18-13-11-17(12-14-18)22(26-21-10-6-5-9-19(21)23)15-20(24)16-7-3-2-4-8-16/h2-14,22H,15,23H2,1H3/t22-/m1/s1. The summed E-state index contributed by atoms with van der Waals surface area (Å²) in [7, 11) is 1.64. The molecule has 0 radical (unpaired) electrons. The molecule has 4 heteroatoms. The van der Waals surface area contributed by atoms with Gasteiger partial charge in [0.15, 0.2) is 5.78 Å². The van der Waals surface area contributed by atoms with Gasteiger partial charge in [-0.3, -0.25) is 4.79 Å². The number of ether oxygens (including phenoxy) is 1. The number of para-hydroxylation sites is 1. The summed E-state index contributed by atoms with van der Waals surface area (Å²) in [6, 6.07) is 25.0. The number of methoxy groups -OCH3 is 1. The van der Waals surface area contributed by atoms with E-state index in [0.29, 0.717) is 6.42 Å². The van der Waals surface area contributed by atoms with Crippen molar-refractivity contribution in [1.82, 2.24) is 0 Å². The van der Waals surface area contributed by atoms with Crippen LogP contribution in [0.4, 0.5) is 5.69 Å². The zero-order valence-corrected chi connectivity index (χ0v) is 15.4. The number of nitrogen functional groups attached to an aromatic ring is 1. The van der Waals surface area contributed by atoms with E-state index in [4.69, 9.17) is 10.5 Å². The van der Waals surface area contributed by atoms with Crippen molar-refractivity contribution in [3.8, 4) is 5.75 Å². The maximum Gasteiger partial charge on any atom is 0.164 e. The number of nitrogens with two attached hydrogens (primary N) is 1. The minimum absolute atomic E-state index is 0.0293. The van der Waals surface area contributed by atoms with Crippen LogP contribution in [0.5, 0.6) is 5.75 Å². The summed E-state index contributed by atoms with van der Waals surface area (Å²) in [5, 5.41) is -0.0293. The summed E-state index contributed by atoms with van der Waals surface area (Å²) in [6.07, 6.45) is 0.398. The summed E-state index contributed by atoms with van der Waals surface area (Å²) in [5.74, 6) is 0.916. The van der Waals surface area contributed by atoms with E-state index in [-0.39, 0.29) is 11.0 Å². The maximum absolute atomic E-state index is 12.8. The molecule has 132 valence electrons. The Labute approximate surface area is 158 Å². The minimum Gasteiger partial charge on any atom is -0.497 e. The van der Waals surface area contributed by atoms with Crippen LogP contribution >= 0.6 is 11.8 Å². The number of anilines is 1. The van der Waals surface area contributed by atoms with Gasteiger partial charge in [-0.15, -0.1) is 11.8 Å². The third-order valence-electron chi connectivity index (χ3n) is 4.14. The first-order valence-corrected chi connectivity index (χ1v) is 9.28. The molecule has 3 rings (SSSR count). The van der Waals surface area contributed by atoms with Crippen LogP contribution in [0, 0.1) is 0 Å². The maximum atomic E-state index is 12.8. The van der Waals surface area contributed by atoms with Crippen molar-refractivity contribution in [2.24, 2.45) is 0 Å². The first-order chi connectivity index (χ1) is 12.7. The molecule has 1 atom stereocenters.